The van der Waals surface area contributed by atoms with E-state index in [1.807, 2.05) is 18.2 Å². The second-order valence-electron chi connectivity index (χ2n) is 3.44. The van der Waals surface area contributed by atoms with Gasteiger partial charge in [0.05, 0.1) is 17.6 Å². The number of aryl methyl sites for hydroxylation is 1. The third kappa shape index (κ3) is 1.63. The van der Waals surface area contributed by atoms with Crippen molar-refractivity contribution in [3.8, 4) is 0 Å². The highest BCUT2D eigenvalue weighted by molar-refractivity contribution is 5.75. The molecule has 0 unspecified atom stereocenters. The second kappa shape index (κ2) is 3.80. The molecule has 0 amide bonds. The molecule has 0 aliphatic rings. The highest BCUT2D eigenvalue weighted by Crippen LogP contribution is 2.14. The fraction of sp³-hybridized carbons (Fsp3) is 0.364. The van der Waals surface area contributed by atoms with Crippen LogP contribution in [-0.4, -0.2) is 15.1 Å². The Labute approximate surface area is 82.8 Å². The van der Waals surface area contributed by atoms with Gasteiger partial charge in [0.15, 0.2) is 0 Å². The molecule has 0 aliphatic carbocycles. The van der Waals surface area contributed by atoms with Crippen molar-refractivity contribution < 1.29 is 5.11 Å². The monoisotopic (exact) mass is 190 g/mol. The number of aromatic amines is 1. The maximum Gasteiger partial charge on any atom is 0.107 e. The van der Waals surface area contributed by atoms with E-state index >= 15 is 0 Å². The average Bonchev–Trinajstić information content (AvgIpc) is 2.59. The molecule has 1 aromatic carbocycles. The van der Waals surface area contributed by atoms with Crippen LogP contribution in [0.1, 0.15) is 24.7 Å². The minimum atomic E-state index is 0.0753. The van der Waals surface area contributed by atoms with Crippen LogP contribution in [0, 0.1) is 0 Å². The Morgan fingerprint density at radius 1 is 1.43 bits per heavy atom. The van der Waals surface area contributed by atoms with Crippen molar-refractivity contribution in [3.05, 3.63) is 29.6 Å². The largest absolute Gasteiger partial charge is 0.392 e. The SMILES string of the molecule is CCCc1nc2cc(CO)ccc2[nH]1. The number of aliphatic hydroxyl groups excluding tert-OH is 1. The maximum atomic E-state index is 8.97. The number of imidazole rings is 1. The van der Waals surface area contributed by atoms with Gasteiger partial charge in [0.2, 0.25) is 0 Å². The lowest BCUT2D eigenvalue weighted by atomic mass is 10.2. The summed E-state index contributed by atoms with van der Waals surface area (Å²) in [6, 6.07) is 5.80. The number of benzene rings is 1. The maximum absolute atomic E-state index is 8.97. The van der Waals surface area contributed by atoms with E-state index in [0.717, 1.165) is 35.3 Å². The predicted molar refractivity (Wildman–Crippen MR) is 56.0 cm³/mol. The van der Waals surface area contributed by atoms with Crippen LogP contribution in [0.5, 0.6) is 0 Å². The minimum absolute atomic E-state index is 0.0753. The molecule has 0 fully saturated rings. The summed E-state index contributed by atoms with van der Waals surface area (Å²) < 4.78 is 0. The number of rotatable bonds is 3. The summed E-state index contributed by atoms with van der Waals surface area (Å²) in [5, 5.41) is 8.97. The van der Waals surface area contributed by atoms with Crippen LogP contribution >= 0.6 is 0 Å². The topological polar surface area (TPSA) is 48.9 Å². The van der Waals surface area contributed by atoms with E-state index in [1.165, 1.54) is 0 Å². The molecule has 0 spiro atoms. The van der Waals surface area contributed by atoms with Crippen molar-refractivity contribution in [2.45, 2.75) is 26.4 Å². The van der Waals surface area contributed by atoms with E-state index in [0.29, 0.717) is 0 Å². The first-order valence-corrected chi connectivity index (χ1v) is 4.92. The molecule has 1 aromatic heterocycles. The molecule has 0 atom stereocenters. The lowest BCUT2D eigenvalue weighted by Gasteiger charge is -1.93. The number of aliphatic hydroxyl groups is 1. The number of nitrogens with zero attached hydrogens (tertiary/aromatic N) is 1. The first kappa shape index (κ1) is 9.21. The molecule has 3 nitrogen and oxygen atoms in total. The van der Waals surface area contributed by atoms with Gasteiger partial charge < -0.3 is 10.1 Å². The van der Waals surface area contributed by atoms with E-state index < -0.39 is 0 Å². The van der Waals surface area contributed by atoms with Crippen molar-refractivity contribution in [2.24, 2.45) is 0 Å². The summed E-state index contributed by atoms with van der Waals surface area (Å²) in [6.07, 6.45) is 2.07. The molecular weight excluding hydrogens is 176 g/mol. The molecule has 2 aromatic rings. The number of hydrogen-bond acceptors (Lipinski definition) is 2. The molecule has 0 bridgehead atoms. The zero-order valence-corrected chi connectivity index (χ0v) is 8.25. The van der Waals surface area contributed by atoms with Crippen LogP contribution in [0.3, 0.4) is 0 Å². The quantitative estimate of drug-likeness (QED) is 0.777. The molecule has 0 aliphatic heterocycles. The second-order valence-corrected chi connectivity index (χ2v) is 3.44. The number of aromatic nitrogens is 2. The van der Waals surface area contributed by atoms with Crippen LogP contribution in [0.25, 0.3) is 11.0 Å². The zero-order chi connectivity index (χ0) is 9.97. The van der Waals surface area contributed by atoms with Gasteiger partial charge in [-0.05, 0) is 24.1 Å². The third-order valence-electron chi connectivity index (χ3n) is 2.27. The summed E-state index contributed by atoms with van der Waals surface area (Å²) in [6.45, 7) is 2.21. The number of hydrogen-bond donors (Lipinski definition) is 2. The van der Waals surface area contributed by atoms with Gasteiger partial charge in [0, 0.05) is 6.42 Å². The minimum Gasteiger partial charge on any atom is -0.392 e. The van der Waals surface area contributed by atoms with Crippen LogP contribution in [-0.2, 0) is 13.0 Å². The lowest BCUT2D eigenvalue weighted by Crippen LogP contribution is -1.84. The molecule has 74 valence electrons. The van der Waals surface area contributed by atoms with Gasteiger partial charge in [-0.1, -0.05) is 13.0 Å². The highest BCUT2D eigenvalue weighted by atomic mass is 16.3. The predicted octanol–water partition coefficient (Wildman–Crippen LogP) is 2.01. The summed E-state index contributed by atoms with van der Waals surface area (Å²) in [7, 11) is 0. The van der Waals surface area contributed by atoms with Crippen molar-refractivity contribution in [3.63, 3.8) is 0 Å². The smallest absolute Gasteiger partial charge is 0.107 e. The summed E-state index contributed by atoms with van der Waals surface area (Å²) >= 11 is 0. The Balaban J connectivity index is 2.43. The van der Waals surface area contributed by atoms with Gasteiger partial charge >= 0.3 is 0 Å². The Morgan fingerprint density at radius 2 is 2.29 bits per heavy atom. The fourth-order valence-corrected chi connectivity index (χ4v) is 1.56. The van der Waals surface area contributed by atoms with Crippen LogP contribution in [0.4, 0.5) is 0 Å². The summed E-state index contributed by atoms with van der Waals surface area (Å²) in [5.74, 6) is 1.03. The van der Waals surface area contributed by atoms with E-state index in [2.05, 4.69) is 16.9 Å². The Kier molecular flexibility index (Phi) is 2.50. The standard InChI is InChI=1S/C11H14N2O/c1-2-3-11-12-9-5-4-8(7-14)6-10(9)13-11/h4-6,14H,2-3,7H2,1H3,(H,12,13). The van der Waals surface area contributed by atoms with E-state index in [1.54, 1.807) is 0 Å². The van der Waals surface area contributed by atoms with Crippen molar-refractivity contribution in [2.75, 3.05) is 0 Å². The summed E-state index contributed by atoms with van der Waals surface area (Å²) in [5.41, 5.74) is 2.90. The van der Waals surface area contributed by atoms with Crippen LogP contribution < -0.4 is 0 Å². The Hall–Kier alpha value is -1.35. The molecule has 2 rings (SSSR count). The van der Waals surface area contributed by atoms with Gasteiger partial charge in [0.25, 0.3) is 0 Å². The molecule has 2 N–H and O–H groups in total. The number of H-pyrrole nitrogens is 1. The first-order chi connectivity index (χ1) is 6.83. The normalized spacial score (nSPS) is 11.0. The summed E-state index contributed by atoms with van der Waals surface area (Å²) in [4.78, 5) is 7.70. The zero-order valence-electron chi connectivity index (χ0n) is 8.25. The number of fused-ring (bicyclic) bond motifs is 1. The van der Waals surface area contributed by atoms with Crippen molar-refractivity contribution in [1.82, 2.24) is 9.97 Å². The molecule has 0 saturated carbocycles. The van der Waals surface area contributed by atoms with Gasteiger partial charge in [-0.2, -0.15) is 0 Å². The van der Waals surface area contributed by atoms with E-state index in [9.17, 15) is 0 Å². The molecule has 1 heterocycles. The lowest BCUT2D eigenvalue weighted by molar-refractivity contribution is 0.282. The van der Waals surface area contributed by atoms with Crippen LogP contribution in [0.15, 0.2) is 18.2 Å². The van der Waals surface area contributed by atoms with Crippen LogP contribution in [0.2, 0.25) is 0 Å². The molecule has 14 heavy (non-hydrogen) atoms. The third-order valence-corrected chi connectivity index (χ3v) is 2.27. The Morgan fingerprint density at radius 3 is 3.00 bits per heavy atom. The van der Waals surface area contributed by atoms with Gasteiger partial charge in [-0.25, -0.2) is 4.98 Å². The number of nitrogens with one attached hydrogen (secondary N) is 1. The molecule has 0 saturated heterocycles. The fourth-order valence-electron chi connectivity index (χ4n) is 1.56. The van der Waals surface area contributed by atoms with E-state index in [4.69, 9.17) is 5.11 Å². The first-order valence-electron chi connectivity index (χ1n) is 4.92. The molecule has 0 radical (unpaired) electrons. The van der Waals surface area contributed by atoms with Crippen molar-refractivity contribution in [1.29, 1.82) is 0 Å². The average molecular weight is 190 g/mol. The van der Waals surface area contributed by atoms with E-state index in [-0.39, 0.29) is 6.61 Å². The van der Waals surface area contributed by atoms with Gasteiger partial charge in [-0.3, -0.25) is 0 Å². The van der Waals surface area contributed by atoms with Gasteiger partial charge in [0.1, 0.15) is 5.82 Å². The van der Waals surface area contributed by atoms with Gasteiger partial charge in [-0.15, -0.1) is 0 Å². The molecular formula is C11H14N2O. The Bertz CT molecular complexity index is 434. The molecule has 3 heteroatoms. The van der Waals surface area contributed by atoms with Crippen molar-refractivity contribution >= 4 is 11.0 Å². The highest BCUT2D eigenvalue weighted by Gasteiger charge is 2.02.